The molecule has 1 saturated heterocycles. The summed E-state index contributed by atoms with van der Waals surface area (Å²) in [6.45, 7) is -0.507. The van der Waals surface area contributed by atoms with Gasteiger partial charge in [-0.05, 0) is 43.7 Å². The van der Waals surface area contributed by atoms with E-state index in [9.17, 15) is 18.0 Å². The third-order valence-corrected chi connectivity index (χ3v) is 2.90. The van der Waals surface area contributed by atoms with Crippen LogP contribution in [-0.2, 0) is 4.79 Å². The molecule has 4 nitrogen and oxygen atoms in total. The normalized spacial score (nSPS) is 18.0. The lowest BCUT2D eigenvalue weighted by molar-refractivity contribution is -0.153. The first-order chi connectivity index (χ1) is 9.44. The topological polar surface area (TPSA) is 50.4 Å². The number of carbonyl (C=O) groups is 1. The van der Waals surface area contributed by atoms with Crippen LogP contribution < -0.4 is 15.4 Å². The molecule has 0 aromatic heterocycles. The summed E-state index contributed by atoms with van der Waals surface area (Å²) in [5.74, 6) is -0.0224. The monoisotopic (exact) mass is 324 g/mol. The molecule has 0 bridgehead atoms. The van der Waals surface area contributed by atoms with Crippen LogP contribution in [0.1, 0.15) is 12.8 Å². The minimum absolute atomic E-state index is 0. The van der Waals surface area contributed by atoms with Gasteiger partial charge >= 0.3 is 6.18 Å². The quantitative estimate of drug-likeness (QED) is 0.895. The number of alkyl halides is 3. The lowest BCUT2D eigenvalue weighted by atomic mass is 10.2. The summed E-state index contributed by atoms with van der Waals surface area (Å²) < 4.78 is 40.5. The Kier molecular flexibility index (Phi) is 6.29. The maximum atomic E-state index is 12.0. The third kappa shape index (κ3) is 5.81. The first kappa shape index (κ1) is 17.6. The van der Waals surface area contributed by atoms with E-state index in [0.717, 1.165) is 19.4 Å². The second-order valence-electron chi connectivity index (χ2n) is 4.57. The van der Waals surface area contributed by atoms with Crippen LogP contribution >= 0.6 is 12.4 Å². The van der Waals surface area contributed by atoms with Gasteiger partial charge in [-0.15, -0.1) is 12.4 Å². The number of amides is 1. The van der Waals surface area contributed by atoms with Crippen LogP contribution in [0, 0.1) is 0 Å². The van der Waals surface area contributed by atoms with Gasteiger partial charge in [-0.1, -0.05) is 0 Å². The minimum atomic E-state index is -4.36. The Morgan fingerprint density at radius 3 is 2.52 bits per heavy atom. The lowest BCUT2D eigenvalue weighted by Gasteiger charge is -2.12. The molecule has 2 N–H and O–H groups in total. The summed E-state index contributed by atoms with van der Waals surface area (Å²) >= 11 is 0. The molecule has 2 rings (SSSR count). The van der Waals surface area contributed by atoms with Crippen LogP contribution in [0.4, 0.5) is 18.9 Å². The maximum absolute atomic E-state index is 12.0. The molecule has 8 heteroatoms. The highest BCUT2D eigenvalue weighted by Crippen LogP contribution is 2.20. The number of benzene rings is 1. The lowest BCUT2D eigenvalue weighted by Crippen LogP contribution is -2.35. The van der Waals surface area contributed by atoms with Crippen molar-refractivity contribution in [3.63, 3.8) is 0 Å². The molecular formula is C13H16ClF3N2O2. The summed E-state index contributed by atoms with van der Waals surface area (Å²) in [7, 11) is 0. The summed E-state index contributed by atoms with van der Waals surface area (Å²) in [4.78, 5) is 11.8. The van der Waals surface area contributed by atoms with Gasteiger partial charge in [0.05, 0.1) is 6.04 Å². The number of anilines is 1. The van der Waals surface area contributed by atoms with Crippen LogP contribution in [-0.4, -0.2) is 31.3 Å². The van der Waals surface area contributed by atoms with Gasteiger partial charge in [0, 0.05) is 5.69 Å². The highest BCUT2D eigenvalue weighted by atomic mass is 35.5. The van der Waals surface area contributed by atoms with Crippen molar-refractivity contribution in [3.05, 3.63) is 24.3 Å². The smallest absolute Gasteiger partial charge is 0.422 e. The summed E-state index contributed by atoms with van der Waals surface area (Å²) in [6, 6.07) is 5.61. The number of hydrogen-bond donors (Lipinski definition) is 2. The average Bonchev–Trinajstić information content (AvgIpc) is 2.91. The molecule has 0 spiro atoms. The van der Waals surface area contributed by atoms with E-state index in [0.29, 0.717) is 5.69 Å². The van der Waals surface area contributed by atoms with Crippen LogP contribution in [0.25, 0.3) is 0 Å². The summed E-state index contributed by atoms with van der Waals surface area (Å²) in [6.07, 6.45) is -2.61. The van der Waals surface area contributed by atoms with Crippen molar-refractivity contribution in [3.8, 4) is 5.75 Å². The fraction of sp³-hybridized carbons (Fsp3) is 0.462. The van der Waals surface area contributed by atoms with Gasteiger partial charge in [0.1, 0.15) is 5.75 Å². The first-order valence-corrected chi connectivity index (χ1v) is 6.28. The van der Waals surface area contributed by atoms with E-state index < -0.39 is 12.8 Å². The number of hydrogen-bond acceptors (Lipinski definition) is 3. The van der Waals surface area contributed by atoms with Gasteiger partial charge in [0.25, 0.3) is 0 Å². The zero-order chi connectivity index (χ0) is 14.6. The molecule has 1 amide bonds. The Morgan fingerprint density at radius 1 is 1.33 bits per heavy atom. The van der Waals surface area contributed by atoms with Crippen LogP contribution in [0.2, 0.25) is 0 Å². The van der Waals surface area contributed by atoms with Gasteiger partial charge in [-0.2, -0.15) is 13.2 Å². The number of ether oxygens (including phenoxy) is 1. The second kappa shape index (κ2) is 7.51. The zero-order valence-electron chi connectivity index (χ0n) is 11.1. The third-order valence-electron chi connectivity index (χ3n) is 2.90. The molecule has 0 aliphatic carbocycles. The Bertz CT molecular complexity index is 459. The van der Waals surface area contributed by atoms with Gasteiger partial charge < -0.3 is 15.4 Å². The van der Waals surface area contributed by atoms with E-state index in [1.54, 1.807) is 0 Å². The molecule has 1 atom stereocenters. The predicted octanol–water partition coefficient (Wildman–Crippen LogP) is 2.74. The average molecular weight is 325 g/mol. The van der Waals surface area contributed by atoms with E-state index >= 15 is 0 Å². The van der Waals surface area contributed by atoms with Crippen LogP contribution in [0.5, 0.6) is 5.75 Å². The fourth-order valence-electron chi connectivity index (χ4n) is 1.94. The number of nitrogens with one attached hydrogen (secondary N) is 2. The van der Waals surface area contributed by atoms with Crippen molar-refractivity contribution in [1.82, 2.24) is 5.32 Å². The van der Waals surface area contributed by atoms with Crippen LogP contribution in [0.15, 0.2) is 24.3 Å². The van der Waals surface area contributed by atoms with Crippen molar-refractivity contribution in [2.24, 2.45) is 0 Å². The molecular weight excluding hydrogens is 309 g/mol. The molecule has 0 saturated carbocycles. The molecule has 1 aliphatic heterocycles. The van der Waals surface area contributed by atoms with E-state index in [-0.39, 0.29) is 30.1 Å². The van der Waals surface area contributed by atoms with Gasteiger partial charge in [0.15, 0.2) is 6.61 Å². The van der Waals surface area contributed by atoms with Crippen molar-refractivity contribution in [1.29, 1.82) is 0 Å². The van der Waals surface area contributed by atoms with Crippen molar-refractivity contribution >= 4 is 24.0 Å². The molecule has 1 fully saturated rings. The van der Waals surface area contributed by atoms with Gasteiger partial charge in [-0.3, -0.25) is 4.79 Å². The second-order valence-corrected chi connectivity index (χ2v) is 4.57. The maximum Gasteiger partial charge on any atom is 0.422 e. The Labute approximate surface area is 126 Å². The summed E-state index contributed by atoms with van der Waals surface area (Å²) in [5, 5.41) is 5.77. The Hall–Kier alpha value is -1.47. The van der Waals surface area contributed by atoms with Gasteiger partial charge in [0.2, 0.25) is 5.91 Å². The Morgan fingerprint density at radius 2 is 2.00 bits per heavy atom. The van der Waals surface area contributed by atoms with E-state index in [4.69, 9.17) is 0 Å². The number of carbonyl (C=O) groups excluding carboxylic acids is 1. The zero-order valence-corrected chi connectivity index (χ0v) is 11.9. The molecule has 118 valence electrons. The number of rotatable bonds is 4. The molecule has 1 heterocycles. The minimum Gasteiger partial charge on any atom is -0.484 e. The highest BCUT2D eigenvalue weighted by Gasteiger charge is 2.28. The van der Waals surface area contributed by atoms with E-state index in [2.05, 4.69) is 15.4 Å². The van der Waals surface area contributed by atoms with E-state index in [1.807, 2.05) is 0 Å². The SMILES string of the molecule is Cl.O=C(Nc1ccc(OCC(F)(F)F)cc1)C1CCCN1. The van der Waals surface area contributed by atoms with Crippen LogP contribution in [0.3, 0.4) is 0 Å². The first-order valence-electron chi connectivity index (χ1n) is 6.28. The molecule has 1 aromatic rings. The standard InChI is InChI=1S/C13H15F3N2O2.ClH/c14-13(15,16)8-20-10-5-3-9(4-6-10)18-12(19)11-2-1-7-17-11;/h3-6,11,17H,1-2,7-8H2,(H,18,19);1H. The fourth-order valence-corrected chi connectivity index (χ4v) is 1.94. The predicted molar refractivity (Wildman–Crippen MR) is 74.9 cm³/mol. The molecule has 0 radical (unpaired) electrons. The van der Waals surface area contributed by atoms with E-state index in [1.165, 1.54) is 24.3 Å². The molecule has 21 heavy (non-hydrogen) atoms. The van der Waals surface area contributed by atoms with Gasteiger partial charge in [-0.25, -0.2) is 0 Å². The summed E-state index contributed by atoms with van der Waals surface area (Å²) in [5.41, 5.74) is 0.531. The Balaban J connectivity index is 0.00000220. The molecule has 1 unspecified atom stereocenters. The molecule has 1 aromatic carbocycles. The largest absolute Gasteiger partial charge is 0.484 e. The van der Waals surface area contributed by atoms with Crippen molar-refractivity contribution in [2.45, 2.75) is 25.1 Å². The highest BCUT2D eigenvalue weighted by molar-refractivity contribution is 5.95. The van der Waals surface area contributed by atoms with Crippen molar-refractivity contribution in [2.75, 3.05) is 18.5 Å². The molecule has 1 aliphatic rings. The van der Waals surface area contributed by atoms with Crippen molar-refractivity contribution < 1.29 is 22.7 Å². The number of halogens is 4.